The normalized spacial score (nSPS) is 19.6. The lowest BCUT2D eigenvalue weighted by molar-refractivity contribution is 0.322. The molecule has 3 atom stereocenters. The molecule has 0 aromatic heterocycles. The Morgan fingerprint density at radius 2 is 1.66 bits per heavy atom. The largest absolute Gasteiger partial charge is 0.494 e. The van der Waals surface area contributed by atoms with Gasteiger partial charge in [-0.05, 0) is 85.0 Å². The highest BCUT2D eigenvalue weighted by atomic mass is 32.2. The van der Waals surface area contributed by atoms with Crippen molar-refractivity contribution in [3.8, 4) is 23.0 Å². The fourth-order valence-corrected chi connectivity index (χ4v) is 6.44. The van der Waals surface area contributed by atoms with Crippen LogP contribution in [0.2, 0.25) is 0 Å². The fourth-order valence-electron chi connectivity index (χ4n) is 5.35. The van der Waals surface area contributed by atoms with Gasteiger partial charge in [0.15, 0.2) is 11.5 Å². The van der Waals surface area contributed by atoms with Gasteiger partial charge in [0.1, 0.15) is 5.75 Å². The highest BCUT2D eigenvalue weighted by Crippen LogP contribution is 2.52. The number of rotatable bonds is 9. The van der Waals surface area contributed by atoms with Gasteiger partial charge in [0, 0.05) is 17.3 Å². The van der Waals surface area contributed by atoms with Crippen molar-refractivity contribution in [2.75, 3.05) is 38.0 Å². The first-order chi connectivity index (χ1) is 18.4. The summed E-state index contributed by atoms with van der Waals surface area (Å²) in [6.45, 7) is 2.45. The van der Waals surface area contributed by atoms with Crippen molar-refractivity contribution in [2.24, 2.45) is 5.92 Å². The van der Waals surface area contributed by atoms with Gasteiger partial charge in [0.2, 0.25) is 5.75 Å². The average molecular weight is 537 g/mol. The number of allylic oxidation sites excluding steroid dienone is 2. The molecule has 9 heteroatoms. The number of benzene rings is 3. The summed E-state index contributed by atoms with van der Waals surface area (Å²) in [5, 5.41) is 3.65. The molecule has 1 aliphatic heterocycles. The predicted molar refractivity (Wildman–Crippen MR) is 147 cm³/mol. The number of hydrogen-bond acceptors (Lipinski definition) is 7. The lowest BCUT2D eigenvalue weighted by atomic mass is 9.77. The number of hydrogen-bond donors (Lipinski definition) is 2. The van der Waals surface area contributed by atoms with Crippen molar-refractivity contribution in [2.45, 2.75) is 30.2 Å². The van der Waals surface area contributed by atoms with Gasteiger partial charge in [-0.25, -0.2) is 8.42 Å². The Morgan fingerprint density at radius 1 is 0.947 bits per heavy atom. The fraction of sp³-hybridized carbons (Fsp3) is 0.310. The molecule has 3 aromatic carbocycles. The molecule has 1 aliphatic carbocycles. The zero-order chi connectivity index (χ0) is 26.9. The van der Waals surface area contributed by atoms with Gasteiger partial charge in [-0.3, -0.25) is 4.72 Å². The molecule has 0 spiro atoms. The molecule has 0 saturated heterocycles. The second-order valence-electron chi connectivity index (χ2n) is 9.25. The molecule has 2 N–H and O–H groups in total. The molecular weight excluding hydrogens is 504 g/mol. The van der Waals surface area contributed by atoms with E-state index in [1.807, 2.05) is 25.1 Å². The zero-order valence-electron chi connectivity index (χ0n) is 21.9. The smallest absolute Gasteiger partial charge is 0.261 e. The van der Waals surface area contributed by atoms with Crippen molar-refractivity contribution in [1.82, 2.24) is 0 Å². The van der Waals surface area contributed by atoms with E-state index in [-0.39, 0.29) is 22.8 Å². The summed E-state index contributed by atoms with van der Waals surface area (Å²) in [6, 6.07) is 16.0. The third-order valence-electron chi connectivity index (χ3n) is 7.11. The Morgan fingerprint density at radius 3 is 2.29 bits per heavy atom. The van der Waals surface area contributed by atoms with Crippen molar-refractivity contribution in [1.29, 1.82) is 0 Å². The number of nitrogens with one attached hydrogen (secondary N) is 2. The Kier molecular flexibility index (Phi) is 7.12. The summed E-state index contributed by atoms with van der Waals surface area (Å²) < 4.78 is 51.3. The van der Waals surface area contributed by atoms with Crippen LogP contribution in [0.3, 0.4) is 0 Å². The summed E-state index contributed by atoms with van der Waals surface area (Å²) in [4.78, 5) is 0.220. The Bertz CT molecular complexity index is 1430. The first-order valence-electron chi connectivity index (χ1n) is 12.5. The Balaban J connectivity index is 1.46. The summed E-state index contributed by atoms with van der Waals surface area (Å²) in [5.41, 5.74) is 3.35. The molecule has 0 amide bonds. The van der Waals surface area contributed by atoms with Crippen LogP contribution in [-0.2, 0) is 10.0 Å². The van der Waals surface area contributed by atoms with E-state index >= 15 is 0 Å². The number of anilines is 2. The van der Waals surface area contributed by atoms with E-state index in [1.165, 1.54) is 0 Å². The molecule has 8 nitrogen and oxygen atoms in total. The van der Waals surface area contributed by atoms with Crippen molar-refractivity contribution in [3.05, 3.63) is 77.9 Å². The van der Waals surface area contributed by atoms with Crippen LogP contribution in [0, 0.1) is 5.92 Å². The molecule has 2 aliphatic rings. The van der Waals surface area contributed by atoms with Crippen LogP contribution in [0.4, 0.5) is 11.4 Å². The van der Waals surface area contributed by atoms with E-state index in [0.717, 1.165) is 23.2 Å². The maximum absolute atomic E-state index is 13.3. The maximum atomic E-state index is 13.3. The topological polar surface area (TPSA) is 95.1 Å². The van der Waals surface area contributed by atoms with Crippen molar-refractivity contribution < 1.29 is 27.4 Å². The highest BCUT2D eigenvalue weighted by Gasteiger charge is 2.39. The first-order valence-corrected chi connectivity index (χ1v) is 14.0. The molecule has 0 fully saturated rings. The summed E-state index contributed by atoms with van der Waals surface area (Å²) >= 11 is 0. The lowest BCUT2D eigenvalue weighted by Crippen LogP contribution is -2.29. The second kappa shape index (κ2) is 10.5. The third-order valence-corrected chi connectivity index (χ3v) is 8.49. The SMILES string of the molecule is CCOc1ccc(NS(=O)(=O)c2ccc3c(c2)[C@H]2C=CC[C@H]2[C@@H](c2cc(OC)c(OC)c(OC)c2)N3)cc1. The summed E-state index contributed by atoms with van der Waals surface area (Å²) in [7, 11) is 1.01. The molecule has 5 rings (SSSR count). The number of sulfonamides is 1. The van der Waals surface area contributed by atoms with Crippen molar-refractivity contribution in [3.63, 3.8) is 0 Å². The zero-order valence-corrected chi connectivity index (χ0v) is 22.7. The molecule has 1 heterocycles. The van der Waals surface area contributed by atoms with E-state index in [2.05, 4.69) is 22.2 Å². The third kappa shape index (κ3) is 4.74. The molecule has 0 unspecified atom stereocenters. The lowest BCUT2D eigenvalue weighted by Gasteiger charge is -2.38. The van der Waals surface area contributed by atoms with E-state index in [1.54, 1.807) is 57.7 Å². The molecule has 3 aromatic rings. The van der Waals surface area contributed by atoms with Crippen LogP contribution in [0.1, 0.15) is 36.4 Å². The number of ether oxygens (including phenoxy) is 4. The minimum absolute atomic E-state index is 0.0272. The monoisotopic (exact) mass is 536 g/mol. The number of methoxy groups -OCH3 is 3. The molecule has 0 saturated carbocycles. The minimum Gasteiger partial charge on any atom is -0.494 e. The standard InChI is InChI=1S/C29H32N2O6S/c1-5-37-20-11-9-19(10-12-20)31-38(32,33)21-13-14-25-24(17-21)22-7-6-8-23(22)28(30-25)18-15-26(34-2)29(36-4)27(16-18)35-3/h6-7,9-17,22-23,28,30-31H,5,8H2,1-4H3/t22-,23+,28+/m0/s1. The van der Waals surface area contributed by atoms with Gasteiger partial charge in [0.25, 0.3) is 10.0 Å². The Hall–Kier alpha value is -3.85. The van der Waals surface area contributed by atoms with Crippen LogP contribution in [0.15, 0.2) is 71.6 Å². The van der Waals surface area contributed by atoms with Gasteiger partial charge in [0.05, 0.1) is 38.9 Å². The Labute approximate surface area is 223 Å². The van der Waals surface area contributed by atoms with E-state index in [4.69, 9.17) is 18.9 Å². The molecule has 200 valence electrons. The van der Waals surface area contributed by atoms with Crippen LogP contribution in [0.25, 0.3) is 0 Å². The van der Waals surface area contributed by atoms with Crippen LogP contribution in [0.5, 0.6) is 23.0 Å². The van der Waals surface area contributed by atoms with Gasteiger partial charge < -0.3 is 24.3 Å². The minimum atomic E-state index is -3.78. The first kappa shape index (κ1) is 25.8. The second-order valence-corrected chi connectivity index (χ2v) is 10.9. The highest BCUT2D eigenvalue weighted by molar-refractivity contribution is 7.92. The van der Waals surface area contributed by atoms with Gasteiger partial charge in [-0.1, -0.05) is 12.2 Å². The molecule has 38 heavy (non-hydrogen) atoms. The molecule has 0 bridgehead atoms. The summed E-state index contributed by atoms with van der Waals surface area (Å²) in [5.74, 6) is 2.69. The van der Waals surface area contributed by atoms with Crippen LogP contribution < -0.4 is 29.0 Å². The van der Waals surface area contributed by atoms with Crippen LogP contribution in [-0.4, -0.2) is 36.4 Å². The molecular formula is C29H32N2O6S. The van der Waals surface area contributed by atoms with E-state index in [0.29, 0.717) is 35.3 Å². The predicted octanol–water partition coefficient (Wildman–Crippen LogP) is 5.74. The maximum Gasteiger partial charge on any atom is 0.261 e. The quantitative estimate of drug-likeness (QED) is 0.337. The van der Waals surface area contributed by atoms with Gasteiger partial charge >= 0.3 is 0 Å². The van der Waals surface area contributed by atoms with E-state index < -0.39 is 10.0 Å². The van der Waals surface area contributed by atoms with Crippen molar-refractivity contribution >= 4 is 21.4 Å². The number of fused-ring (bicyclic) bond motifs is 3. The van der Waals surface area contributed by atoms with Gasteiger partial charge in [-0.15, -0.1) is 0 Å². The van der Waals surface area contributed by atoms with E-state index in [9.17, 15) is 8.42 Å². The summed E-state index contributed by atoms with van der Waals surface area (Å²) in [6.07, 6.45) is 5.20. The van der Waals surface area contributed by atoms with Gasteiger partial charge in [-0.2, -0.15) is 0 Å². The average Bonchev–Trinajstić information content (AvgIpc) is 3.43. The molecule has 0 radical (unpaired) electrons. The van der Waals surface area contributed by atoms with Crippen LogP contribution >= 0.6 is 0 Å².